The molecule has 2 rings (SSSR count). The number of rotatable bonds is 2. The highest BCUT2D eigenvalue weighted by atomic mass is 16.3. The molecule has 0 aromatic heterocycles. The summed E-state index contributed by atoms with van der Waals surface area (Å²) in [6, 6.07) is 10.3. The molecule has 0 radical (unpaired) electrons. The second kappa shape index (κ2) is 4.36. The molecular formula is C14H20O. The molecule has 1 saturated carbocycles. The third kappa shape index (κ3) is 2.40. The molecule has 0 unspecified atom stereocenters. The molecule has 2 atom stereocenters. The topological polar surface area (TPSA) is 20.2 Å². The monoisotopic (exact) mass is 204 g/mol. The Morgan fingerprint density at radius 1 is 1.27 bits per heavy atom. The van der Waals surface area contributed by atoms with Gasteiger partial charge in [0.15, 0.2) is 0 Å². The minimum atomic E-state index is -0.459. The number of benzene rings is 1. The smallest absolute Gasteiger partial charge is 0.0713 e. The predicted molar refractivity (Wildman–Crippen MR) is 62.7 cm³/mol. The maximum Gasteiger partial charge on any atom is 0.0713 e. The Hall–Kier alpha value is -0.820. The van der Waals surface area contributed by atoms with Crippen LogP contribution in [0.5, 0.6) is 0 Å². The van der Waals surface area contributed by atoms with Gasteiger partial charge in [-0.1, -0.05) is 50.1 Å². The Morgan fingerprint density at radius 2 is 2.00 bits per heavy atom. The van der Waals surface area contributed by atoms with Gasteiger partial charge in [0.05, 0.1) is 5.60 Å². The van der Waals surface area contributed by atoms with Gasteiger partial charge in [0, 0.05) is 6.42 Å². The summed E-state index contributed by atoms with van der Waals surface area (Å²) >= 11 is 0. The van der Waals surface area contributed by atoms with E-state index in [2.05, 4.69) is 19.1 Å². The lowest BCUT2D eigenvalue weighted by molar-refractivity contribution is -0.0405. The highest BCUT2D eigenvalue weighted by molar-refractivity contribution is 5.17. The van der Waals surface area contributed by atoms with Gasteiger partial charge in [-0.05, 0) is 24.3 Å². The van der Waals surface area contributed by atoms with Crippen LogP contribution in [0.4, 0.5) is 0 Å². The fourth-order valence-electron chi connectivity index (χ4n) is 2.61. The highest BCUT2D eigenvalue weighted by Gasteiger charge is 2.35. The van der Waals surface area contributed by atoms with Crippen molar-refractivity contribution >= 4 is 0 Å². The average molecular weight is 204 g/mol. The maximum atomic E-state index is 10.6. The first kappa shape index (κ1) is 10.7. The molecule has 0 amide bonds. The molecule has 1 aromatic carbocycles. The van der Waals surface area contributed by atoms with Crippen LogP contribution < -0.4 is 0 Å². The Labute approximate surface area is 92.1 Å². The summed E-state index contributed by atoms with van der Waals surface area (Å²) < 4.78 is 0. The Bertz CT molecular complexity index is 306. The molecule has 1 aliphatic rings. The van der Waals surface area contributed by atoms with Crippen LogP contribution in [0, 0.1) is 5.92 Å². The van der Waals surface area contributed by atoms with Crippen molar-refractivity contribution in [3.63, 3.8) is 0 Å². The fraction of sp³-hybridized carbons (Fsp3) is 0.571. The van der Waals surface area contributed by atoms with E-state index in [0.29, 0.717) is 5.92 Å². The van der Waals surface area contributed by atoms with Crippen molar-refractivity contribution in [2.45, 2.75) is 44.6 Å². The number of hydrogen-bond donors (Lipinski definition) is 1. The van der Waals surface area contributed by atoms with E-state index in [1.165, 1.54) is 24.8 Å². The van der Waals surface area contributed by atoms with Crippen LogP contribution in [0.25, 0.3) is 0 Å². The van der Waals surface area contributed by atoms with Crippen LogP contribution in [0.2, 0.25) is 0 Å². The third-order valence-electron chi connectivity index (χ3n) is 3.77. The third-order valence-corrected chi connectivity index (χ3v) is 3.77. The second-order valence-electron chi connectivity index (χ2n) is 4.91. The van der Waals surface area contributed by atoms with E-state index in [-0.39, 0.29) is 0 Å². The van der Waals surface area contributed by atoms with Crippen LogP contribution in [0.3, 0.4) is 0 Å². The molecule has 1 nitrogen and oxygen atoms in total. The molecular weight excluding hydrogens is 184 g/mol. The van der Waals surface area contributed by atoms with Gasteiger partial charge >= 0.3 is 0 Å². The highest BCUT2D eigenvalue weighted by Crippen LogP contribution is 2.35. The zero-order chi connectivity index (χ0) is 10.7. The average Bonchev–Trinajstić information content (AvgIpc) is 2.24. The summed E-state index contributed by atoms with van der Waals surface area (Å²) in [5.74, 6) is 0.437. The minimum Gasteiger partial charge on any atom is -0.389 e. The molecule has 82 valence electrons. The van der Waals surface area contributed by atoms with Crippen molar-refractivity contribution in [1.29, 1.82) is 0 Å². The lowest BCUT2D eigenvalue weighted by Crippen LogP contribution is -2.41. The zero-order valence-corrected chi connectivity index (χ0v) is 9.45. The molecule has 1 fully saturated rings. The van der Waals surface area contributed by atoms with Gasteiger partial charge < -0.3 is 5.11 Å². The molecule has 0 heterocycles. The second-order valence-corrected chi connectivity index (χ2v) is 4.91. The van der Waals surface area contributed by atoms with E-state index in [1.54, 1.807) is 0 Å². The Kier molecular flexibility index (Phi) is 3.11. The molecule has 0 bridgehead atoms. The zero-order valence-electron chi connectivity index (χ0n) is 9.45. The van der Waals surface area contributed by atoms with Crippen LogP contribution in [-0.4, -0.2) is 10.7 Å². The molecule has 1 aromatic rings. The van der Waals surface area contributed by atoms with E-state index >= 15 is 0 Å². The standard InChI is InChI=1S/C14H20O/c1-12-7-5-6-10-14(12,15)11-13-8-3-2-4-9-13/h2-4,8-9,12,15H,5-7,10-11H2,1H3/t12-,14-/m1/s1. The molecule has 1 heteroatoms. The summed E-state index contributed by atoms with van der Waals surface area (Å²) in [6.07, 6.45) is 5.40. The van der Waals surface area contributed by atoms with Gasteiger partial charge in [-0.15, -0.1) is 0 Å². The van der Waals surface area contributed by atoms with Crippen molar-refractivity contribution in [1.82, 2.24) is 0 Å². The molecule has 15 heavy (non-hydrogen) atoms. The first-order valence-corrected chi connectivity index (χ1v) is 5.97. The molecule has 0 spiro atoms. The largest absolute Gasteiger partial charge is 0.389 e. The van der Waals surface area contributed by atoms with Crippen LogP contribution >= 0.6 is 0 Å². The van der Waals surface area contributed by atoms with E-state index in [1.807, 2.05) is 18.2 Å². The van der Waals surface area contributed by atoms with Gasteiger partial charge in [-0.25, -0.2) is 0 Å². The molecule has 0 saturated heterocycles. The van der Waals surface area contributed by atoms with Crippen molar-refractivity contribution in [3.05, 3.63) is 35.9 Å². The maximum absolute atomic E-state index is 10.6. The fourth-order valence-corrected chi connectivity index (χ4v) is 2.61. The number of hydrogen-bond acceptors (Lipinski definition) is 1. The van der Waals surface area contributed by atoms with E-state index < -0.39 is 5.60 Å². The first-order valence-electron chi connectivity index (χ1n) is 5.97. The van der Waals surface area contributed by atoms with Gasteiger partial charge in [0.2, 0.25) is 0 Å². The molecule has 1 aliphatic carbocycles. The SMILES string of the molecule is C[C@@H]1CCCC[C@@]1(O)Cc1ccccc1. The summed E-state index contributed by atoms with van der Waals surface area (Å²) in [5.41, 5.74) is 0.799. The van der Waals surface area contributed by atoms with Crippen molar-refractivity contribution in [3.8, 4) is 0 Å². The summed E-state index contributed by atoms with van der Waals surface area (Å²) in [6.45, 7) is 2.18. The predicted octanol–water partition coefficient (Wildman–Crippen LogP) is 3.17. The Balaban J connectivity index is 2.09. The van der Waals surface area contributed by atoms with Gasteiger partial charge in [-0.2, -0.15) is 0 Å². The summed E-state index contributed by atoms with van der Waals surface area (Å²) in [7, 11) is 0. The van der Waals surface area contributed by atoms with Gasteiger partial charge in [0.1, 0.15) is 0 Å². The number of aliphatic hydroxyl groups is 1. The van der Waals surface area contributed by atoms with Crippen LogP contribution in [0.1, 0.15) is 38.2 Å². The normalized spacial score (nSPS) is 31.5. The molecule has 0 aliphatic heterocycles. The van der Waals surface area contributed by atoms with Crippen molar-refractivity contribution in [2.24, 2.45) is 5.92 Å². The Morgan fingerprint density at radius 3 is 2.67 bits per heavy atom. The van der Waals surface area contributed by atoms with E-state index in [0.717, 1.165) is 12.8 Å². The summed E-state index contributed by atoms with van der Waals surface area (Å²) in [5, 5.41) is 10.6. The minimum absolute atomic E-state index is 0.437. The van der Waals surface area contributed by atoms with Crippen molar-refractivity contribution < 1.29 is 5.11 Å². The molecule has 1 N–H and O–H groups in total. The van der Waals surface area contributed by atoms with E-state index in [4.69, 9.17) is 0 Å². The van der Waals surface area contributed by atoms with Crippen molar-refractivity contribution in [2.75, 3.05) is 0 Å². The summed E-state index contributed by atoms with van der Waals surface area (Å²) in [4.78, 5) is 0. The van der Waals surface area contributed by atoms with Gasteiger partial charge in [0.25, 0.3) is 0 Å². The quantitative estimate of drug-likeness (QED) is 0.784. The van der Waals surface area contributed by atoms with E-state index in [9.17, 15) is 5.11 Å². The first-order chi connectivity index (χ1) is 7.21. The lowest BCUT2D eigenvalue weighted by Gasteiger charge is -2.38. The van der Waals surface area contributed by atoms with Gasteiger partial charge in [-0.3, -0.25) is 0 Å². The lowest BCUT2D eigenvalue weighted by atomic mass is 9.73. The van der Waals surface area contributed by atoms with Crippen LogP contribution in [-0.2, 0) is 6.42 Å². The van der Waals surface area contributed by atoms with Crippen LogP contribution in [0.15, 0.2) is 30.3 Å².